The Labute approximate surface area is 121 Å². The van der Waals surface area contributed by atoms with E-state index in [0.29, 0.717) is 11.7 Å². The molecule has 0 bridgehead atoms. The fraction of sp³-hybridized carbons (Fsp3) is 0.833. The van der Waals surface area contributed by atoms with Gasteiger partial charge in [0.05, 0.1) is 6.10 Å². The fourth-order valence-corrected chi connectivity index (χ4v) is 6.15. The monoisotopic (exact) mass is 274 g/mol. The molecule has 3 fully saturated rings. The van der Waals surface area contributed by atoms with Crippen LogP contribution in [0.25, 0.3) is 0 Å². The van der Waals surface area contributed by atoms with E-state index in [9.17, 15) is 9.90 Å². The molecule has 1 N–H and O–H groups in total. The smallest absolute Gasteiger partial charge is 0.155 e. The van der Waals surface area contributed by atoms with Gasteiger partial charge in [-0.3, -0.25) is 4.79 Å². The summed E-state index contributed by atoms with van der Waals surface area (Å²) >= 11 is 0. The highest BCUT2D eigenvalue weighted by Crippen LogP contribution is 2.61. The maximum atomic E-state index is 11.6. The molecule has 2 nitrogen and oxygen atoms in total. The molecule has 0 aromatic heterocycles. The van der Waals surface area contributed by atoms with Crippen molar-refractivity contribution in [3.63, 3.8) is 0 Å². The summed E-state index contributed by atoms with van der Waals surface area (Å²) in [4.78, 5) is 11.6. The normalized spacial score (nSPS) is 51.0. The van der Waals surface area contributed by atoms with Crippen molar-refractivity contribution in [3.8, 4) is 0 Å². The zero-order valence-corrected chi connectivity index (χ0v) is 12.5. The van der Waals surface area contributed by atoms with Gasteiger partial charge >= 0.3 is 0 Å². The van der Waals surface area contributed by atoms with E-state index >= 15 is 0 Å². The maximum Gasteiger partial charge on any atom is 0.155 e. The van der Waals surface area contributed by atoms with Crippen LogP contribution in [0.4, 0.5) is 0 Å². The molecule has 6 atom stereocenters. The van der Waals surface area contributed by atoms with E-state index in [1.165, 1.54) is 31.3 Å². The maximum absolute atomic E-state index is 11.6. The molecule has 0 unspecified atom stereocenters. The summed E-state index contributed by atoms with van der Waals surface area (Å²) in [6.07, 6.45) is 10.9. The molecule has 4 aliphatic carbocycles. The van der Waals surface area contributed by atoms with E-state index in [1.54, 1.807) is 0 Å². The van der Waals surface area contributed by atoms with E-state index < -0.39 is 0 Å². The minimum atomic E-state index is -0.0710. The van der Waals surface area contributed by atoms with Gasteiger partial charge in [0.1, 0.15) is 0 Å². The van der Waals surface area contributed by atoms with Gasteiger partial charge in [0.2, 0.25) is 0 Å². The highest BCUT2D eigenvalue weighted by Gasteiger charge is 2.55. The number of aliphatic hydroxyl groups excluding tert-OH is 1. The van der Waals surface area contributed by atoms with Crippen LogP contribution in [0.1, 0.15) is 58.3 Å². The third-order valence-electron chi connectivity index (χ3n) is 7.25. The van der Waals surface area contributed by atoms with Gasteiger partial charge in [0, 0.05) is 6.42 Å². The summed E-state index contributed by atoms with van der Waals surface area (Å²) in [5.41, 5.74) is 1.65. The molecule has 0 aliphatic heterocycles. The standard InChI is InChI=1S/C18H26O2/c1-18-9-8-14-13-5-3-12(19)10-11(13)2-4-15(14)16(18)6-7-17(18)20/h10,13-17,20H,2-9H2,1H3/t13-,14+,15+,16-,17-,18-/m1/s1. The molecule has 4 aliphatic rings. The molecule has 0 saturated heterocycles. The van der Waals surface area contributed by atoms with E-state index in [1.807, 2.05) is 6.08 Å². The van der Waals surface area contributed by atoms with Crippen molar-refractivity contribution in [2.24, 2.45) is 29.1 Å². The van der Waals surface area contributed by atoms with Crippen molar-refractivity contribution in [1.29, 1.82) is 0 Å². The lowest BCUT2D eigenvalue weighted by Gasteiger charge is -2.53. The summed E-state index contributed by atoms with van der Waals surface area (Å²) < 4.78 is 0. The van der Waals surface area contributed by atoms with Crippen LogP contribution in [0.2, 0.25) is 0 Å². The van der Waals surface area contributed by atoms with E-state index in [4.69, 9.17) is 0 Å². The fourth-order valence-electron chi connectivity index (χ4n) is 6.15. The Morgan fingerprint density at radius 3 is 2.80 bits per heavy atom. The first kappa shape index (κ1) is 13.1. The Morgan fingerprint density at radius 1 is 1.10 bits per heavy atom. The Morgan fingerprint density at radius 2 is 1.95 bits per heavy atom. The van der Waals surface area contributed by atoms with E-state index in [0.717, 1.165) is 43.4 Å². The second kappa shape index (κ2) is 4.43. The van der Waals surface area contributed by atoms with Gasteiger partial charge in [-0.05, 0) is 80.1 Å². The Bertz CT molecular complexity index is 466. The number of carbonyl (C=O) groups excluding carboxylic acids is 1. The van der Waals surface area contributed by atoms with Crippen LogP contribution in [0.3, 0.4) is 0 Å². The molecule has 0 spiro atoms. The van der Waals surface area contributed by atoms with Crippen molar-refractivity contribution in [2.75, 3.05) is 0 Å². The van der Waals surface area contributed by atoms with Gasteiger partial charge in [0.15, 0.2) is 5.78 Å². The highest BCUT2D eigenvalue weighted by atomic mass is 16.3. The van der Waals surface area contributed by atoms with Gasteiger partial charge in [-0.2, -0.15) is 0 Å². The van der Waals surface area contributed by atoms with Crippen molar-refractivity contribution >= 4 is 5.78 Å². The number of hydrogen-bond donors (Lipinski definition) is 1. The third-order valence-corrected chi connectivity index (χ3v) is 7.25. The molecule has 4 rings (SSSR count). The lowest BCUT2D eigenvalue weighted by Crippen LogP contribution is -2.47. The number of fused-ring (bicyclic) bond motifs is 5. The van der Waals surface area contributed by atoms with Crippen LogP contribution >= 0.6 is 0 Å². The molecule has 0 aromatic rings. The predicted molar refractivity (Wildman–Crippen MR) is 78.1 cm³/mol. The topological polar surface area (TPSA) is 37.3 Å². The number of allylic oxidation sites excluding steroid dienone is 1. The Balaban J connectivity index is 1.63. The Hall–Kier alpha value is -0.630. The molecule has 0 heterocycles. The lowest BCUT2D eigenvalue weighted by molar-refractivity contribution is -0.116. The zero-order chi connectivity index (χ0) is 13.9. The molecule has 20 heavy (non-hydrogen) atoms. The molecule has 0 aromatic carbocycles. The molecule has 2 heteroatoms. The number of aliphatic hydroxyl groups is 1. The number of rotatable bonds is 0. The van der Waals surface area contributed by atoms with Gasteiger partial charge < -0.3 is 5.11 Å². The van der Waals surface area contributed by atoms with Crippen LogP contribution in [0.5, 0.6) is 0 Å². The summed E-state index contributed by atoms with van der Waals surface area (Å²) in [6.45, 7) is 2.33. The second-order valence-electron chi connectivity index (χ2n) is 7.94. The summed E-state index contributed by atoms with van der Waals surface area (Å²) in [7, 11) is 0. The van der Waals surface area contributed by atoms with Crippen molar-refractivity contribution in [3.05, 3.63) is 11.6 Å². The summed E-state index contributed by atoms with van der Waals surface area (Å²) in [5, 5.41) is 10.4. The van der Waals surface area contributed by atoms with Gasteiger partial charge in [0.25, 0.3) is 0 Å². The van der Waals surface area contributed by atoms with E-state index in [-0.39, 0.29) is 11.5 Å². The predicted octanol–water partition coefficient (Wildman–Crippen LogP) is 3.49. The number of carbonyl (C=O) groups is 1. The van der Waals surface area contributed by atoms with Gasteiger partial charge in [-0.1, -0.05) is 12.5 Å². The molecule has 0 radical (unpaired) electrons. The third kappa shape index (κ3) is 1.70. The molecular weight excluding hydrogens is 248 g/mol. The van der Waals surface area contributed by atoms with Gasteiger partial charge in [-0.25, -0.2) is 0 Å². The average molecular weight is 274 g/mol. The molecular formula is C18H26O2. The molecule has 110 valence electrons. The highest BCUT2D eigenvalue weighted by molar-refractivity contribution is 5.91. The Kier molecular flexibility index (Phi) is 2.89. The van der Waals surface area contributed by atoms with Crippen LogP contribution in [-0.4, -0.2) is 17.0 Å². The first-order valence-corrected chi connectivity index (χ1v) is 8.51. The van der Waals surface area contributed by atoms with Crippen LogP contribution in [0.15, 0.2) is 11.6 Å². The van der Waals surface area contributed by atoms with Crippen LogP contribution < -0.4 is 0 Å². The van der Waals surface area contributed by atoms with Gasteiger partial charge in [-0.15, -0.1) is 0 Å². The van der Waals surface area contributed by atoms with Crippen LogP contribution in [-0.2, 0) is 4.79 Å². The quantitative estimate of drug-likeness (QED) is 0.734. The first-order valence-electron chi connectivity index (χ1n) is 8.51. The average Bonchev–Trinajstić information content (AvgIpc) is 2.74. The van der Waals surface area contributed by atoms with Crippen molar-refractivity contribution < 1.29 is 9.90 Å². The van der Waals surface area contributed by atoms with Crippen molar-refractivity contribution in [1.82, 2.24) is 0 Å². The number of ketones is 1. The minimum absolute atomic E-state index is 0.0710. The number of hydrogen-bond acceptors (Lipinski definition) is 2. The molecule has 0 amide bonds. The lowest BCUT2D eigenvalue weighted by atomic mass is 9.52. The first-order chi connectivity index (χ1) is 9.59. The second-order valence-corrected chi connectivity index (χ2v) is 7.94. The SMILES string of the molecule is C[C@@]12CC[C@@H]3[C@H](CCC4=CC(=O)CC[C@H]43)[C@H]1CC[C@H]2O. The molecule has 3 saturated carbocycles. The van der Waals surface area contributed by atoms with E-state index in [2.05, 4.69) is 6.92 Å². The minimum Gasteiger partial charge on any atom is -0.393 e. The van der Waals surface area contributed by atoms with Crippen molar-refractivity contribution in [2.45, 2.75) is 64.4 Å². The zero-order valence-electron chi connectivity index (χ0n) is 12.5. The largest absolute Gasteiger partial charge is 0.393 e. The summed E-state index contributed by atoms with van der Waals surface area (Å²) in [6, 6.07) is 0. The van der Waals surface area contributed by atoms with Crippen LogP contribution in [0, 0.1) is 29.1 Å². The summed E-state index contributed by atoms with van der Waals surface area (Å²) in [5.74, 6) is 3.38.